The molecule has 4 nitrogen and oxygen atoms in total. The molecule has 5 heteroatoms. The minimum atomic E-state index is 0.555. The standard InChI is InChI=1S/C13H14ClN3O/c1-2-7-15-9-13-16-12(17-18-13)8-10-3-5-11(14)6-4-10/h2-6,15H,1,7-9H2. The number of nitrogens with zero attached hydrogens (tertiary/aromatic N) is 2. The summed E-state index contributed by atoms with van der Waals surface area (Å²) in [6, 6.07) is 7.61. The summed E-state index contributed by atoms with van der Waals surface area (Å²) >= 11 is 5.82. The molecule has 0 atom stereocenters. The van der Waals surface area contributed by atoms with Crippen molar-refractivity contribution in [3.63, 3.8) is 0 Å². The Balaban J connectivity index is 1.93. The van der Waals surface area contributed by atoms with Gasteiger partial charge in [0.25, 0.3) is 0 Å². The first-order valence-corrected chi connectivity index (χ1v) is 6.03. The van der Waals surface area contributed by atoms with Crippen molar-refractivity contribution in [2.45, 2.75) is 13.0 Å². The van der Waals surface area contributed by atoms with E-state index in [0.29, 0.717) is 24.7 Å². The zero-order valence-corrected chi connectivity index (χ0v) is 10.7. The molecule has 1 N–H and O–H groups in total. The van der Waals surface area contributed by atoms with Crippen molar-refractivity contribution in [3.8, 4) is 0 Å². The van der Waals surface area contributed by atoms with Gasteiger partial charge in [-0.25, -0.2) is 0 Å². The molecule has 18 heavy (non-hydrogen) atoms. The molecule has 0 unspecified atom stereocenters. The molecule has 0 aliphatic heterocycles. The van der Waals surface area contributed by atoms with E-state index >= 15 is 0 Å². The number of nitrogens with one attached hydrogen (secondary N) is 1. The smallest absolute Gasteiger partial charge is 0.240 e. The number of rotatable bonds is 6. The van der Waals surface area contributed by atoms with E-state index in [1.54, 1.807) is 6.08 Å². The van der Waals surface area contributed by atoms with Gasteiger partial charge >= 0.3 is 0 Å². The van der Waals surface area contributed by atoms with Crippen molar-refractivity contribution >= 4 is 11.6 Å². The molecular weight excluding hydrogens is 250 g/mol. The van der Waals surface area contributed by atoms with Crippen molar-refractivity contribution in [1.82, 2.24) is 15.5 Å². The third kappa shape index (κ3) is 3.68. The summed E-state index contributed by atoms with van der Waals surface area (Å²) in [4.78, 5) is 4.29. The number of halogens is 1. The van der Waals surface area contributed by atoms with E-state index < -0.39 is 0 Å². The molecular formula is C13H14ClN3O. The van der Waals surface area contributed by atoms with E-state index in [1.165, 1.54) is 0 Å². The van der Waals surface area contributed by atoms with Crippen molar-refractivity contribution < 1.29 is 4.52 Å². The number of aromatic nitrogens is 2. The van der Waals surface area contributed by atoms with Gasteiger partial charge in [0.05, 0.1) is 6.54 Å². The molecule has 0 aliphatic carbocycles. The van der Waals surface area contributed by atoms with Crippen LogP contribution in [0.2, 0.25) is 5.02 Å². The molecule has 2 rings (SSSR count). The Morgan fingerprint density at radius 2 is 2.11 bits per heavy atom. The maximum absolute atomic E-state index is 5.82. The second-order valence-corrected chi connectivity index (χ2v) is 4.26. The first-order valence-electron chi connectivity index (χ1n) is 5.65. The van der Waals surface area contributed by atoms with E-state index in [0.717, 1.165) is 17.1 Å². The Morgan fingerprint density at radius 1 is 1.33 bits per heavy atom. The summed E-state index contributed by atoms with van der Waals surface area (Å²) in [7, 11) is 0. The predicted molar refractivity (Wildman–Crippen MR) is 70.5 cm³/mol. The van der Waals surface area contributed by atoms with E-state index in [4.69, 9.17) is 16.1 Å². The van der Waals surface area contributed by atoms with Crippen LogP contribution in [-0.4, -0.2) is 16.7 Å². The zero-order valence-electron chi connectivity index (χ0n) is 9.90. The Hall–Kier alpha value is -1.65. The lowest BCUT2D eigenvalue weighted by molar-refractivity contribution is 0.366. The molecule has 0 aliphatic rings. The summed E-state index contributed by atoms with van der Waals surface area (Å²) in [5.74, 6) is 1.26. The van der Waals surface area contributed by atoms with Crippen LogP contribution in [0.5, 0.6) is 0 Å². The van der Waals surface area contributed by atoms with Crippen molar-refractivity contribution in [1.29, 1.82) is 0 Å². The molecule has 1 heterocycles. The van der Waals surface area contributed by atoms with Crippen LogP contribution in [-0.2, 0) is 13.0 Å². The number of hydrogen-bond donors (Lipinski definition) is 1. The molecule has 0 spiro atoms. The van der Waals surface area contributed by atoms with E-state index in [2.05, 4.69) is 22.0 Å². The van der Waals surface area contributed by atoms with Gasteiger partial charge in [-0.2, -0.15) is 4.98 Å². The molecule has 0 saturated heterocycles. The maximum Gasteiger partial charge on any atom is 0.240 e. The van der Waals surface area contributed by atoms with Crippen molar-refractivity contribution in [3.05, 3.63) is 59.2 Å². The largest absolute Gasteiger partial charge is 0.338 e. The van der Waals surface area contributed by atoms with Crippen LogP contribution >= 0.6 is 11.6 Å². The van der Waals surface area contributed by atoms with Crippen LogP contribution in [0.15, 0.2) is 41.4 Å². The topological polar surface area (TPSA) is 51.0 Å². The zero-order chi connectivity index (χ0) is 12.8. The van der Waals surface area contributed by atoms with Gasteiger partial charge in [0.15, 0.2) is 5.82 Å². The van der Waals surface area contributed by atoms with Gasteiger partial charge in [-0.1, -0.05) is 35.0 Å². The van der Waals surface area contributed by atoms with Gasteiger partial charge in [0.1, 0.15) is 0 Å². The van der Waals surface area contributed by atoms with Crippen molar-refractivity contribution in [2.24, 2.45) is 0 Å². The summed E-state index contributed by atoms with van der Waals surface area (Å²) in [6.07, 6.45) is 2.42. The lowest BCUT2D eigenvalue weighted by atomic mass is 10.1. The van der Waals surface area contributed by atoms with Crippen molar-refractivity contribution in [2.75, 3.05) is 6.54 Å². The lowest BCUT2D eigenvalue weighted by Gasteiger charge is -1.96. The highest BCUT2D eigenvalue weighted by Crippen LogP contribution is 2.12. The summed E-state index contributed by atoms with van der Waals surface area (Å²) in [5.41, 5.74) is 1.10. The molecule has 2 aromatic rings. The highest BCUT2D eigenvalue weighted by molar-refractivity contribution is 6.30. The normalized spacial score (nSPS) is 10.5. The summed E-state index contributed by atoms with van der Waals surface area (Å²) in [5, 5.41) is 7.76. The van der Waals surface area contributed by atoms with Gasteiger partial charge in [-0.05, 0) is 17.7 Å². The fourth-order valence-electron chi connectivity index (χ4n) is 1.50. The van der Waals surface area contributed by atoms with Crippen LogP contribution in [0.4, 0.5) is 0 Å². The van der Waals surface area contributed by atoms with Gasteiger partial charge < -0.3 is 9.84 Å². The Labute approximate surface area is 111 Å². The van der Waals surface area contributed by atoms with Crippen LogP contribution in [0.3, 0.4) is 0 Å². The molecule has 94 valence electrons. The third-order valence-corrected chi connectivity index (χ3v) is 2.60. The van der Waals surface area contributed by atoms with Gasteiger partial charge in [0, 0.05) is 18.0 Å². The molecule has 0 saturated carbocycles. The molecule has 1 aromatic carbocycles. The second-order valence-electron chi connectivity index (χ2n) is 3.83. The van der Waals surface area contributed by atoms with E-state index in [9.17, 15) is 0 Å². The minimum Gasteiger partial charge on any atom is -0.338 e. The van der Waals surface area contributed by atoms with E-state index in [-0.39, 0.29) is 0 Å². The van der Waals surface area contributed by atoms with Gasteiger partial charge in [-0.15, -0.1) is 6.58 Å². The number of hydrogen-bond acceptors (Lipinski definition) is 4. The van der Waals surface area contributed by atoms with Crippen LogP contribution < -0.4 is 5.32 Å². The lowest BCUT2D eigenvalue weighted by Crippen LogP contribution is -2.12. The first-order chi connectivity index (χ1) is 8.78. The monoisotopic (exact) mass is 263 g/mol. The van der Waals surface area contributed by atoms with Gasteiger partial charge in [0.2, 0.25) is 5.89 Å². The fourth-order valence-corrected chi connectivity index (χ4v) is 1.63. The summed E-state index contributed by atoms with van der Waals surface area (Å²) in [6.45, 7) is 4.89. The average Bonchev–Trinajstić information content (AvgIpc) is 2.80. The number of benzene rings is 1. The highest BCUT2D eigenvalue weighted by Gasteiger charge is 2.06. The molecule has 0 fully saturated rings. The first kappa shape index (κ1) is 12.8. The predicted octanol–water partition coefficient (Wildman–Crippen LogP) is 2.59. The van der Waals surface area contributed by atoms with Gasteiger partial charge in [-0.3, -0.25) is 0 Å². The quantitative estimate of drug-likeness (QED) is 0.643. The highest BCUT2D eigenvalue weighted by atomic mass is 35.5. The molecule has 0 amide bonds. The Kier molecular flexibility index (Phi) is 4.50. The maximum atomic E-state index is 5.82. The molecule has 0 bridgehead atoms. The molecule has 1 aromatic heterocycles. The summed E-state index contributed by atoms with van der Waals surface area (Å²) < 4.78 is 5.12. The fraction of sp³-hybridized carbons (Fsp3) is 0.231. The van der Waals surface area contributed by atoms with Crippen LogP contribution in [0.1, 0.15) is 17.3 Å². The minimum absolute atomic E-state index is 0.555. The SMILES string of the molecule is C=CCNCc1nc(Cc2ccc(Cl)cc2)no1. The molecule has 0 radical (unpaired) electrons. The van der Waals surface area contributed by atoms with Crippen LogP contribution in [0, 0.1) is 0 Å². The van der Waals surface area contributed by atoms with Crippen LogP contribution in [0.25, 0.3) is 0 Å². The Bertz CT molecular complexity index is 507. The Morgan fingerprint density at radius 3 is 2.83 bits per heavy atom. The average molecular weight is 264 g/mol. The van der Waals surface area contributed by atoms with E-state index in [1.807, 2.05) is 24.3 Å². The second kappa shape index (κ2) is 6.33. The third-order valence-electron chi connectivity index (χ3n) is 2.35.